The van der Waals surface area contributed by atoms with Crippen LogP contribution in [0.3, 0.4) is 0 Å². The smallest absolute Gasteiger partial charge is 0.166 e. The van der Waals surface area contributed by atoms with E-state index < -0.39 is 79.1 Å². The fraction of sp³-hybridized carbons (Fsp3) is 0.282. The van der Waals surface area contributed by atoms with E-state index in [2.05, 4.69) is 0 Å². The van der Waals surface area contributed by atoms with E-state index in [-0.39, 0.29) is 18.6 Å². The summed E-state index contributed by atoms with van der Waals surface area (Å²) in [5.74, 6) is 0. The van der Waals surface area contributed by atoms with Gasteiger partial charge in [-0.3, -0.25) is 0 Å². The van der Waals surface area contributed by atoms with Crippen LogP contribution in [-0.4, -0.2) is 5.66 Å². The molecule has 0 radical (unpaired) electrons. The molecule has 0 N–H and O–H groups in total. The quantitative estimate of drug-likeness (QED) is 0.129. The topological polar surface area (TPSA) is 0 Å². The van der Waals surface area contributed by atoms with Gasteiger partial charge in [-0.1, -0.05) is 83.3 Å². The molecule has 53 heavy (non-hydrogen) atoms. The number of allylic oxidation sites excluding steroid dienone is 4. The number of rotatable bonds is 7. The van der Waals surface area contributed by atoms with Crippen LogP contribution in [0, 0.1) is 27.7 Å². The van der Waals surface area contributed by atoms with Gasteiger partial charge in [0.25, 0.3) is 0 Å². The van der Waals surface area contributed by atoms with Gasteiger partial charge >= 0.3 is 24.7 Å². The third-order valence-corrected chi connectivity index (χ3v) is 13.9. The molecule has 1 atom stereocenters. The van der Waals surface area contributed by atoms with Gasteiger partial charge in [-0.05, 0) is 113 Å². The monoisotopic (exact) mass is 790 g/mol. The van der Waals surface area contributed by atoms with E-state index >= 15 is 0 Å². The number of hydrogen-bond donors (Lipinski definition) is 0. The summed E-state index contributed by atoms with van der Waals surface area (Å²) in [7, 11) is -4.25. The molecule has 0 bridgehead atoms. The minimum atomic E-state index is -5.31. The summed E-state index contributed by atoms with van der Waals surface area (Å²) in [6.07, 6.45) is -17.6. The molecule has 1 aliphatic rings. The van der Waals surface area contributed by atoms with Crippen molar-refractivity contribution in [1.29, 1.82) is 0 Å². The molecule has 0 saturated heterocycles. The Morgan fingerprint density at radius 2 is 0.774 bits per heavy atom. The van der Waals surface area contributed by atoms with Gasteiger partial charge in [0.2, 0.25) is 0 Å². The lowest BCUT2D eigenvalue weighted by molar-refractivity contribution is -0.144. The normalized spacial score (nSPS) is 14.9. The highest BCUT2D eigenvalue weighted by Crippen LogP contribution is 2.55. The summed E-state index contributed by atoms with van der Waals surface area (Å²) in [6.45, 7) is 9.03. The molecule has 282 valence electrons. The number of benzene rings is 4. The van der Waals surface area contributed by atoms with Crippen molar-refractivity contribution in [2.45, 2.75) is 71.4 Å². The van der Waals surface area contributed by atoms with Crippen LogP contribution in [0.1, 0.15) is 57.9 Å². The highest BCUT2D eigenvalue weighted by Gasteiger charge is 2.42. The van der Waals surface area contributed by atoms with Crippen molar-refractivity contribution in [3.05, 3.63) is 140 Å². The molecule has 5 rings (SSSR count). The van der Waals surface area contributed by atoms with Crippen LogP contribution in [0.2, 0.25) is 0 Å². The van der Waals surface area contributed by atoms with E-state index in [4.69, 9.17) is 0 Å². The summed E-state index contributed by atoms with van der Waals surface area (Å²) >= 11 is 0. The lowest BCUT2D eigenvalue weighted by Gasteiger charge is -2.32. The molecule has 0 nitrogen and oxygen atoms in total. The Bertz CT molecular complexity index is 1850. The van der Waals surface area contributed by atoms with E-state index in [1.54, 1.807) is 12.2 Å². The first-order chi connectivity index (χ1) is 24.3. The largest absolute Gasteiger partial charge is 0.416 e. The van der Waals surface area contributed by atoms with Crippen LogP contribution in [0.25, 0.3) is 0 Å². The van der Waals surface area contributed by atoms with Crippen LogP contribution in [-0.2, 0) is 24.7 Å². The standard InChI is InChI=1S/C39H32F12P2/c1-21-9-22(2)12-30(11-21)53(31-13-23(3)10-24(4)14-31)35-8-6-7-34(35)25(5)52(32-17-26(36(40,41)42)15-27(18-32)37(43,44)45)33-19-28(38(46,47)48)16-29(20-33)39(49,50)51/h6,8-20,25H,7H2,1-5H3/t25-/m1/s1. The second-order valence-electron chi connectivity index (χ2n) is 13.1. The predicted molar refractivity (Wildman–Crippen MR) is 187 cm³/mol. The summed E-state index contributed by atoms with van der Waals surface area (Å²) < 4.78 is 170. The summed E-state index contributed by atoms with van der Waals surface area (Å²) in [5, 5.41) is 1.08. The second-order valence-corrected chi connectivity index (χ2v) is 17.9. The minimum absolute atomic E-state index is 0.115. The van der Waals surface area contributed by atoms with Crippen molar-refractivity contribution in [1.82, 2.24) is 0 Å². The third kappa shape index (κ3) is 9.20. The predicted octanol–water partition coefficient (Wildman–Crippen LogP) is 12.2. The van der Waals surface area contributed by atoms with Gasteiger partial charge in [0, 0.05) is 5.66 Å². The Balaban J connectivity index is 1.87. The zero-order chi connectivity index (χ0) is 39.4. The maximum absolute atomic E-state index is 14.1. The van der Waals surface area contributed by atoms with Gasteiger partial charge in [0.1, 0.15) is 0 Å². The zero-order valence-electron chi connectivity index (χ0n) is 28.8. The summed E-state index contributed by atoms with van der Waals surface area (Å²) in [6, 6.07) is 13.2. The zero-order valence-corrected chi connectivity index (χ0v) is 30.6. The molecule has 1 aliphatic carbocycles. The van der Waals surface area contributed by atoms with E-state index in [1.807, 2.05) is 64.1 Å². The Morgan fingerprint density at radius 1 is 0.453 bits per heavy atom. The van der Waals surface area contributed by atoms with Gasteiger partial charge in [0.15, 0.2) is 0 Å². The molecule has 0 aliphatic heterocycles. The molecule has 0 amide bonds. The van der Waals surface area contributed by atoms with E-state index in [1.165, 1.54) is 6.92 Å². The van der Waals surface area contributed by atoms with Gasteiger partial charge in [-0.2, -0.15) is 52.7 Å². The maximum atomic E-state index is 14.1. The fourth-order valence-corrected chi connectivity index (χ4v) is 12.6. The van der Waals surface area contributed by atoms with Crippen molar-refractivity contribution >= 4 is 37.1 Å². The average Bonchev–Trinajstić information content (AvgIpc) is 3.48. The third-order valence-electron chi connectivity index (χ3n) is 8.71. The van der Waals surface area contributed by atoms with Crippen molar-refractivity contribution in [2.24, 2.45) is 0 Å². The van der Waals surface area contributed by atoms with E-state index in [9.17, 15) is 52.7 Å². The highest BCUT2D eigenvalue weighted by atomic mass is 31.1. The fourth-order valence-electron chi connectivity index (χ4n) is 6.61. The molecule has 0 unspecified atom stereocenters. The molecule has 14 heteroatoms. The summed E-state index contributed by atoms with van der Waals surface area (Å²) in [5.41, 5.74) is -3.84. The first-order valence-electron chi connectivity index (χ1n) is 16.1. The van der Waals surface area contributed by atoms with Gasteiger partial charge < -0.3 is 0 Å². The van der Waals surface area contributed by atoms with E-state index in [0.29, 0.717) is 35.2 Å². The lowest BCUT2D eigenvalue weighted by atomic mass is 10.1. The molecule has 0 aromatic heterocycles. The number of hydrogen-bond acceptors (Lipinski definition) is 0. The number of halogens is 12. The Labute approximate surface area is 301 Å². The molecule has 0 heterocycles. The Morgan fingerprint density at radius 3 is 1.08 bits per heavy atom. The van der Waals surface area contributed by atoms with Crippen molar-refractivity contribution in [3.63, 3.8) is 0 Å². The Hall–Kier alpha value is -3.62. The number of alkyl halides is 12. The van der Waals surface area contributed by atoms with Crippen LogP contribution in [0.15, 0.2) is 95.8 Å². The first-order valence-corrected chi connectivity index (χ1v) is 18.8. The Kier molecular flexibility index (Phi) is 11.1. The SMILES string of the molecule is Cc1cc(C)cc(P(C2=C([C@@H](C)P(c3cc(C(F)(F)F)cc(C(F)(F)F)c3)c3cc(C(F)(F)F)cc(C(F)(F)F)c3)CC=C2)c2cc(C)cc(C)c2)c1. The van der Waals surface area contributed by atoms with Crippen molar-refractivity contribution in [3.8, 4) is 0 Å². The molecule has 0 spiro atoms. The lowest BCUT2D eigenvalue weighted by Crippen LogP contribution is -2.27. The van der Waals surface area contributed by atoms with E-state index in [0.717, 1.165) is 32.9 Å². The van der Waals surface area contributed by atoms with Crippen molar-refractivity contribution in [2.75, 3.05) is 0 Å². The molecule has 4 aromatic carbocycles. The summed E-state index contributed by atoms with van der Waals surface area (Å²) in [4.78, 5) is 0. The van der Waals surface area contributed by atoms with Gasteiger partial charge in [-0.15, -0.1) is 0 Å². The van der Waals surface area contributed by atoms with Crippen LogP contribution >= 0.6 is 15.8 Å². The average molecular weight is 791 g/mol. The minimum Gasteiger partial charge on any atom is -0.166 e. The first kappa shape index (κ1) is 40.6. The molecule has 0 fully saturated rings. The van der Waals surface area contributed by atoms with Crippen LogP contribution in [0.4, 0.5) is 52.7 Å². The van der Waals surface area contributed by atoms with Crippen LogP contribution < -0.4 is 21.2 Å². The highest BCUT2D eigenvalue weighted by molar-refractivity contribution is 7.77. The van der Waals surface area contributed by atoms with Gasteiger partial charge in [-0.25, -0.2) is 0 Å². The number of aryl methyl sites for hydroxylation is 4. The van der Waals surface area contributed by atoms with Crippen LogP contribution in [0.5, 0.6) is 0 Å². The molecular weight excluding hydrogens is 758 g/mol. The molecule has 0 saturated carbocycles. The van der Waals surface area contributed by atoms with Crippen molar-refractivity contribution < 1.29 is 52.7 Å². The molecule has 4 aromatic rings. The van der Waals surface area contributed by atoms with Gasteiger partial charge in [0.05, 0.1) is 22.3 Å². The second kappa shape index (κ2) is 14.6. The molecular formula is C39H32F12P2. The maximum Gasteiger partial charge on any atom is 0.416 e.